The summed E-state index contributed by atoms with van der Waals surface area (Å²) in [4.78, 5) is 13.3. The van der Waals surface area contributed by atoms with E-state index in [9.17, 15) is 9.90 Å². The molecule has 3 aromatic rings. The second-order valence-corrected chi connectivity index (χ2v) is 10.8. The zero-order chi connectivity index (χ0) is 25.9. The smallest absolute Gasteiger partial charge is 0.286 e. The average Bonchev–Trinajstić information content (AvgIpc) is 3.34. The highest BCUT2D eigenvalue weighted by Crippen LogP contribution is 2.40. The molecule has 5 nitrogen and oxygen atoms in total. The molecule has 0 unspecified atom stereocenters. The third kappa shape index (κ3) is 5.40. The van der Waals surface area contributed by atoms with Gasteiger partial charge in [-0.25, -0.2) is 0 Å². The third-order valence-electron chi connectivity index (χ3n) is 8.11. The van der Waals surface area contributed by atoms with Crippen LogP contribution in [0.5, 0.6) is 0 Å². The summed E-state index contributed by atoms with van der Waals surface area (Å²) in [5.74, 6) is 0.235. The van der Waals surface area contributed by atoms with E-state index in [-0.39, 0.29) is 24.5 Å². The zero-order valence-electron chi connectivity index (χ0n) is 21.7. The van der Waals surface area contributed by atoms with E-state index in [0.29, 0.717) is 18.8 Å². The minimum absolute atomic E-state index is 0.0185. The number of carbonyl (C=O) groups is 1. The second kappa shape index (κ2) is 11.1. The van der Waals surface area contributed by atoms with Crippen LogP contribution in [0.1, 0.15) is 72.3 Å². The van der Waals surface area contributed by atoms with E-state index in [1.165, 1.54) is 34.2 Å². The van der Waals surface area contributed by atoms with E-state index in [4.69, 9.17) is 9.47 Å². The van der Waals surface area contributed by atoms with Crippen LogP contribution in [0.25, 0.3) is 11.1 Å². The minimum atomic E-state index is -0.528. The van der Waals surface area contributed by atoms with E-state index in [1.807, 2.05) is 30.3 Å². The van der Waals surface area contributed by atoms with Crippen molar-refractivity contribution in [1.29, 1.82) is 0 Å². The first-order valence-electron chi connectivity index (χ1n) is 13.9. The van der Waals surface area contributed by atoms with E-state index in [1.54, 1.807) is 0 Å². The average molecular weight is 510 g/mol. The van der Waals surface area contributed by atoms with Gasteiger partial charge in [0.25, 0.3) is 5.91 Å². The number of nitrogens with one attached hydrogen (secondary N) is 1. The van der Waals surface area contributed by atoms with Crippen molar-refractivity contribution in [2.45, 2.75) is 76.4 Å². The topological polar surface area (TPSA) is 67.8 Å². The molecule has 1 amide bonds. The molecule has 3 aromatic carbocycles. The van der Waals surface area contributed by atoms with Crippen molar-refractivity contribution < 1.29 is 19.4 Å². The summed E-state index contributed by atoms with van der Waals surface area (Å²) in [6, 6.07) is 23.2. The Morgan fingerprint density at radius 2 is 1.68 bits per heavy atom. The molecule has 196 valence electrons. The summed E-state index contributed by atoms with van der Waals surface area (Å²) < 4.78 is 12.3. The molecule has 2 atom stereocenters. The number of benzene rings is 3. The van der Waals surface area contributed by atoms with Gasteiger partial charge in [0.15, 0.2) is 5.76 Å². The van der Waals surface area contributed by atoms with Crippen LogP contribution >= 0.6 is 0 Å². The molecule has 2 N–H and O–H groups in total. The number of aliphatic hydroxyl groups is 1. The molecule has 5 heteroatoms. The third-order valence-corrected chi connectivity index (χ3v) is 8.11. The number of rotatable bonds is 7. The van der Waals surface area contributed by atoms with Crippen LogP contribution in [-0.2, 0) is 33.9 Å². The van der Waals surface area contributed by atoms with Gasteiger partial charge in [-0.3, -0.25) is 4.79 Å². The molecule has 0 radical (unpaired) electrons. The SMILES string of the molecule is O=C(NC1CCCCC1)C1=C[C@H](c2ccc3c(c2)Cc2ccccc2-3)C[C@H](OCc2ccc(CO)cc2)O1. The largest absolute Gasteiger partial charge is 0.459 e. The van der Waals surface area contributed by atoms with Gasteiger partial charge in [0.05, 0.1) is 13.2 Å². The van der Waals surface area contributed by atoms with Gasteiger partial charge in [-0.05, 0) is 64.3 Å². The molecular weight excluding hydrogens is 474 g/mol. The van der Waals surface area contributed by atoms with E-state index in [2.05, 4.69) is 47.8 Å². The second-order valence-electron chi connectivity index (χ2n) is 10.8. The van der Waals surface area contributed by atoms with E-state index in [0.717, 1.165) is 43.2 Å². The van der Waals surface area contributed by atoms with Crippen molar-refractivity contribution in [1.82, 2.24) is 5.32 Å². The van der Waals surface area contributed by atoms with Crippen molar-refractivity contribution in [3.8, 4) is 11.1 Å². The summed E-state index contributed by atoms with van der Waals surface area (Å²) in [6.07, 6.45) is 8.64. The summed E-state index contributed by atoms with van der Waals surface area (Å²) in [7, 11) is 0. The molecule has 1 saturated carbocycles. The molecule has 0 bridgehead atoms. The molecule has 1 heterocycles. The molecule has 1 fully saturated rings. The number of carbonyl (C=O) groups excluding carboxylic acids is 1. The van der Waals surface area contributed by atoms with Crippen molar-refractivity contribution in [2.75, 3.05) is 0 Å². The van der Waals surface area contributed by atoms with Gasteiger partial charge in [-0.1, -0.05) is 86.0 Å². The Kier molecular flexibility index (Phi) is 7.30. The number of hydrogen-bond acceptors (Lipinski definition) is 4. The molecule has 38 heavy (non-hydrogen) atoms. The Morgan fingerprint density at radius 1 is 0.921 bits per heavy atom. The molecule has 0 spiro atoms. The predicted octanol–water partition coefficient (Wildman–Crippen LogP) is 6.13. The van der Waals surface area contributed by atoms with Gasteiger partial charge in [0.2, 0.25) is 6.29 Å². The van der Waals surface area contributed by atoms with Gasteiger partial charge < -0.3 is 19.9 Å². The Morgan fingerprint density at radius 3 is 2.50 bits per heavy atom. The maximum Gasteiger partial charge on any atom is 0.286 e. The van der Waals surface area contributed by atoms with Crippen LogP contribution in [0.3, 0.4) is 0 Å². The normalized spacial score (nSPS) is 20.7. The Labute approximate surface area is 224 Å². The molecule has 0 saturated heterocycles. The first-order valence-corrected chi connectivity index (χ1v) is 13.9. The van der Waals surface area contributed by atoms with Crippen LogP contribution in [0.15, 0.2) is 78.6 Å². The highest BCUT2D eigenvalue weighted by Gasteiger charge is 2.31. The lowest BCUT2D eigenvalue weighted by molar-refractivity contribution is -0.150. The van der Waals surface area contributed by atoms with Crippen LogP contribution < -0.4 is 5.32 Å². The number of amides is 1. The van der Waals surface area contributed by atoms with Crippen molar-refractivity contribution in [3.05, 3.63) is 106 Å². The van der Waals surface area contributed by atoms with Crippen molar-refractivity contribution in [3.63, 3.8) is 0 Å². The fourth-order valence-electron chi connectivity index (χ4n) is 5.98. The maximum atomic E-state index is 13.3. The van der Waals surface area contributed by atoms with Crippen LogP contribution in [0, 0.1) is 0 Å². The summed E-state index contributed by atoms with van der Waals surface area (Å²) in [5.41, 5.74) is 8.36. The monoisotopic (exact) mass is 509 g/mol. The lowest BCUT2D eigenvalue weighted by atomic mass is 9.90. The highest BCUT2D eigenvalue weighted by atomic mass is 16.7. The van der Waals surface area contributed by atoms with Crippen LogP contribution in [0.2, 0.25) is 0 Å². The molecule has 6 rings (SSSR count). The number of ether oxygens (including phenoxy) is 2. The fourth-order valence-corrected chi connectivity index (χ4v) is 5.98. The zero-order valence-corrected chi connectivity index (χ0v) is 21.7. The van der Waals surface area contributed by atoms with Gasteiger partial charge >= 0.3 is 0 Å². The van der Waals surface area contributed by atoms with Gasteiger partial charge in [-0.15, -0.1) is 0 Å². The van der Waals surface area contributed by atoms with E-state index < -0.39 is 6.29 Å². The Balaban J connectivity index is 1.22. The number of aliphatic hydroxyl groups excluding tert-OH is 1. The standard InChI is InChI=1S/C33H35NO4/c35-20-22-10-12-23(13-11-22)21-37-32-19-26(18-31(38-32)33(36)34-28-7-2-1-3-8-28)24-14-15-30-27(16-24)17-25-6-4-5-9-29(25)30/h4-6,9-16,18,26,28,32,35H,1-3,7-8,17,19-21H2,(H,34,36)/t26-,32+/m0/s1. The van der Waals surface area contributed by atoms with Crippen molar-refractivity contribution in [2.24, 2.45) is 0 Å². The number of fused-ring (bicyclic) bond motifs is 3. The quantitative estimate of drug-likeness (QED) is 0.315. The summed E-state index contributed by atoms with van der Waals surface area (Å²) >= 11 is 0. The lowest BCUT2D eigenvalue weighted by Crippen LogP contribution is -2.39. The Bertz CT molecular complexity index is 1320. The molecular formula is C33H35NO4. The Hall–Kier alpha value is -3.41. The maximum absolute atomic E-state index is 13.3. The first kappa shape index (κ1) is 24.9. The summed E-state index contributed by atoms with van der Waals surface area (Å²) in [6.45, 7) is 0.394. The van der Waals surface area contributed by atoms with Gasteiger partial charge in [-0.2, -0.15) is 0 Å². The minimum Gasteiger partial charge on any atom is -0.459 e. The molecule has 1 aliphatic heterocycles. The predicted molar refractivity (Wildman–Crippen MR) is 147 cm³/mol. The summed E-state index contributed by atoms with van der Waals surface area (Å²) in [5, 5.41) is 12.5. The van der Waals surface area contributed by atoms with Gasteiger partial charge in [0.1, 0.15) is 0 Å². The number of hydrogen-bond donors (Lipinski definition) is 2. The van der Waals surface area contributed by atoms with Crippen molar-refractivity contribution >= 4 is 5.91 Å². The molecule has 0 aromatic heterocycles. The number of allylic oxidation sites excluding steroid dienone is 1. The van der Waals surface area contributed by atoms with Crippen LogP contribution in [0.4, 0.5) is 0 Å². The van der Waals surface area contributed by atoms with Crippen LogP contribution in [-0.4, -0.2) is 23.3 Å². The lowest BCUT2D eigenvalue weighted by Gasteiger charge is -2.31. The molecule has 2 aliphatic carbocycles. The fraction of sp³-hybridized carbons (Fsp3) is 0.364. The highest BCUT2D eigenvalue weighted by molar-refractivity contribution is 5.92. The first-order chi connectivity index (χ1) is 18.7. The van der Waals surface area contributed by atoms with E-state index >= 15 is 0 Å². The molecule has 3 aliphatic rings. The van der Waals surface area contributed by atoms with Gasteiger partial charge in [0, 0.05) is 18.4 Å².